The van der Waals surface area contributed by atoms with Gasteiger partial charge >= 0.3 is 6.03 Å². The number of aromatic nitrogens is 2. The van der Waals surface area contributed by atoms with Crippen LogP contribution in [0.4, 0.5) is 4.79 Å². The number of nitrogens with one attached hydrogen (secondary N) is 4. The Morgan fingerprint density at radius 1 is 1.12 bits per heavy atom. The van der Waals surface area contributed by atoms with Crippen LogP contribution in [0.1, 0.15) is 17.0 Å². The highest BCUT2D eigenvalue weighted by Crippen LogP contribution is 2.17. The predicted octanol–water partition coefficient (Wildman–Crippen LogP) is 0.571. The van der Waals surface area contributed by atoms with E-state index in [1.54, 1.807) is 0 Å². The molecule has 9 heteroatoms. The Balaban J connectivity index is 1.74. The lowest BCUT2D eigenvalue weighted by Crippen LogP contribution is -2.40. The molecule has 8 nitrogen and oxygen atoms in total. The van der Waals surface area contributed by atoms with Gasteiger partial charge < -0.3 is 15.6 Å². The minimum Gasteiger partial charge on any atom is -0.342 e. The van der Waals surface area contributed by atoms with Gasteiger partial charge in [-0.15, -0.1) is 0 Å². The lowest BCUT2D eigenvalue weighted by molar-refractivity contribution is 0.241. The smallest absolute Gasteiger partial charge is 0.314 e. The molecule has 2 rings (SSSR count). The molecule has 0 atom stereocenters. The second kappa shape index (κ2) is 7.63. The molecule has 0 aliphatic carbocycles. The van der Waals surface area contributed by atoms with Crippen molar-refractivity contribution in [1.29, 1.82) is 0 Å². The summed E-state index contributed by atoms with van der Waals surface area (Å²) in [5.41, 5.74) is 4.31. The van der Waals surface area contributed by atoms with Gasteiger partial charge in [0.05, 0.1) is 17.3 Å². The number of carbonyl (C=O) groups excluding carboxylic acids is 1. The van der Waals surface area contributed by atoms with Crippen molar-refractivity contribution >= 4 is 27.1 Å². The highest BCUT2D eigenvalue weighted by molar-refractivity contribution is 7.88. The van der Waals surface area contributed by atoms with Crippen LogP contribution in [-0.2, 0) is 16.4 Å². The van der Waals surface area contributed by atoms with E-state index >= 15 is 0 Å². The van der Waals surface area contributed by atoms with Crippen molar-refractivity contribution in [1.82, 2.24) is 25.3 Å². The van der Waals surface area contributed by atoms with Crippen LogP contribution in [0, 0.1) is 13.8 Å². The van der Waals surface area contributed by atoms with Crippen LogP contribution in [0.2, 0.25) is 0 Å². The van der Waals surface area contributed by atoms with Crippen molar-refractivity contribution in [3.63, 3.8) is 0 Å². The molecular weight excluding hydrogens is 330 g/mol. The Labute approximate surface area is 141 Å². The summed E-state index contributed by atoms with van der Waals surface area (Å²) in [4.78, 5) is 19.3. The van der Waals surface area contributed by atoms with Gasteiger partial charge in [-0.25, -0.2) is 22.9 Å². The monoisotopic (exact) mass is 353 g/mol. The first-order chi connectivity index (χ1) is 11.2. The molecule has 24 heavy (non-hydrogen) atoms. The zero-order valence-electron chi connectivity index (χ0n) is 14.1. The standard InChI is InChI=1S/C15H23N5O3S/c1-10-8-12-13(9-11(10)2)20-14(19-12)4-5-16-15(21)17-6-7-18-24(3,22)23/h8-9,18H,4-7H2,1-3H3,(H,19,20)(H2,16,17,21). The summed E-state index contributed by atoms with van der Waals surface area (Å²) in [7, 11) is -3.23. The number of benzene rings is 1. The van der Waals surface area contributed by atoms with Gasteiger partial charge in [-0.3, -0.25) is 0 Å². The normalized spacial score (nSPS) is 11.6. The van der Waals surface area contributed by atoms with Crippen LogP contribution in [0.15, 0.2) is 12.1 Å². The number of urea groups is 1. The van der Waals surface area contributed by atoms with Gasteiger partial charge in [0.2, 0.25) is 10.0 Å². The van der Waals surface area contributed by atoms with E-state index in [-0.39, 0.29) is 19.1 Å². The molecule has 0 bridgehead atoms. The molecule has 0 unspecified atom stereocenters. The topological polar surface area (TPSA) is 116 Å². The first-order valence-corrected chi connectivity index (χ1v) is 9.56. The minimum atomic E-state index is -3.23. The number of aromatic amines is 1. The van der Waals surface area contributed by atoms with E-state index in [2.05, 4.69) is 38.3 Å². The summed E-state index contributed by atoms with van der Waals surface area (Å²) in [6.07, 6.45) is 1.66. The molecule has 0 aliphatic rings. The Kier molecular flexibility index (Phi) is 5.79. The van der Waals surface area contributed by atoms with Gasteiger partial charge in [-0.2, -0.15) is 0 Å². The SMILES string of the molecule is Cc1cc2nc(CCNC(=O)NCCNS(C)(=O)=O)[nH]c2cc1C. The maximum absolute atomic E-state index is 11.6. The summed E-state index contributed by atoms with van der Waals surface area (Å²) in [6, 6.07) is 3.77. The summed E-state index contributed by atoms with van der Waals surface area (Å²) >= 11 is 0. The average molecular weight is 353 g/mol. The molecule has 1 heterocycles. The molecular formula is C15H23N5O3S. The highest BCUT2D eigenvalue weighted by atomic mass is 32.2. The number of aryl methyl sites for hydroxylation is 2. The van der Waals surface area contributed by atoms with Gasteiger partial charge in [0.1, 0.15) is 5.82 Å². The predicted molar refractivity (Wildman–Crippen MR) is 93.5 cm³/mol. The third kappa shape index (κ3) is 5.50. The number of rotatable bonds is 7. The third-order valence-corrected chi connectivity index (χ3v) is 4.30. The number of hydrogen-bond acceptors (Lipinski definition) is 4. The first-order valence-electron chi connectivity index (χ1n) is 7.67. The molecule has 0 fully saturated rings. The van der Waals surface area contributed by atoms with E-state index < -0.39 is 10.0 Å². The fraction of sp³-hybridized carbons (Fsp3) is 0.467. The van der Waals surface area contributed by atoms with Crippen LogP contribution in [0.3, 0.4) is 0 Å². The van der Waals surface area contributed by atoms with Crippen molar-refractivity contribution in [2.24, 2.45) is 0 Å². The maximum atomic E-state index is 11.6. The summed E-state index contributed by atoms with van der Waals surface area (Å²) in [6.45, 7) is 4.92. The van der Waals surface area contributed by atoms with Crippen LogP contribution >= 0.6 is 0 Å². The van der Waals surface area contributed by atoms with Crippen LogP contribution in [0.5, 0.6) is 0 Å². The third-order valence-electron chi connectivity index (χ3n) is 3.57. The quantitative estimate of drug-likeness (QED) is 0.545. The van der Waals surface area contributed by atoms with Crippen molar-refractivity contribution in [3.05, 3.63) is 29.1 Å². The number of amides is 2. The Morgan fingerprint density at radius 3 is 2.50 bits per heavy atom. The molecule has 0 saturated heterocycles. The van der Waals surface area contributed by atoms with Gasteiger partial charge in [-0.1, -0.05) is 0 Å². The second-order valence-corrected chi connectivity index (χ2v) is 7.57. The summed E-state index contributed by atoms with van der Waals surface area (Å²) < 4.78 is 24.0. The summed E-state index contributed by atoms with van der Waals surface area (Å²) in [5.74, 6) is 0.814. The lowest BCUT2D eigenvalue weighted by Gasteiger charge is -2.07. The van der Waals surface area contributed by atoms with Crippen molar-refractivity contribution in [3.8, 4) is 0 Å². The highest BCUT2D eigenvalue weighted by Gasteiger charge is 2.06. The molecule has 2 aromatic rings. The molecule has 0 radical (unpaired) electrons. The lowest BCUT2D eigenvalue weighted by atomic mass is 10.1. The number of nitrogens with zero attached hydrogens (tertiary/aromatic N) is 1. The average Bonchev–Trinajstić information content (AvgIpc) is 2.85. The van der Waals surface area contributed by atoms with E-state index in [9.17, 15) is 13.2 Å². The van der Waals surface area contributed by atoms with Gasteiger partial charge in [0, 0.05) is 26.1 Å². The van der Waals surface area contributed by atoms with Crippen LogP contribution in [0.25, 0.3) is 11.0 Å². The van der Waals surface area contributed by atoms with Gasteiger partial charge in [0.15, 0.2) is 0 Å². The molecule has 1 aromatic heterocycles. The number of imidazole rings is 1. The first kappa shape index (κ1) is 18.2. The molecule has 4 N–H and O–H groups in total. The molecule has 1 aromatic carbocycles. The Morgan fingerprint density at radius 2 is 1.79 bits per heavy atom. The molecule has 0 saturated carbocycles. The molecule has 2 amide bonds. The Bertz CT molecular complexity index is 790. The fourth-order valence-corrected chi connectivity index (χ4v) is 2.68. The van der Waals surface area contributed by atoms with E-state index in [0.717, 1.165) is 23.1 Å². The molecule has 0 spiro atoms. The number of sulfonamides is 1. The Hall–Kier alpha value is -2.13. The van der Waals surface area contributed by atoms with Gasteiger partial charge in [0.25, 0.3) is 0 Å². The van der Waals surface area contributed by atoms with E-state index in [0.29, 0.717) is 13.0 Å². The fourth-order valence-electron chi connectivity index (χ4n) is 2.21. The maximum Gasteiger partial charge on any atom is 0.314 e. The summed E-state index contributed by atoms with van der Waals surface area (Å²) in [5, 5.41) is 5.28. The largest absolute Gasteiger partial charge is 0.342 e. The van der Waals surface area contributed by atoms with Crippen LogP contribution in [-0.4, -0.2) is 50.3 Å². The zero-order valence-corrected chi connectivity index (χ0v) is 14.9. The van der Waals surface area contributed by atoms with Crippen molar-refractivity contribution in [2.45, 2.75) is 20.3 Å². The van der Waals surface area contributed by atoms with E-state index in [1.807, 2.05) is 13.0 Å². The van der Waals surface area contributed by atoms with Gasteiger partial charge in [-0.05, 0) is 37.1 Å². The zero-order chi connectivity index (χ0) is 17.7. The van der Waals surface area contributed by atoms with E-state index in [4.69, 9.17) is 0 Å². The number of fused-ring (bicyclic) bond motifs is 1. The molecule has 0 aliphatic heterocycles. The van der Waals surface area contributed by atoms with Crippen LogP contribution < -0.4 is 15.4 Å². The second-order valence-electron chi connectivity index (χ2n) is 5.74. The number of hydrogen-bond donors (Lipinski definition) is 4. The van der Waals surface area contributed by atoms with Crippen molar-refractivity contribution in [2.75, 3.05) is 25.9 Å². The van der Waals surface area contributed by atoms with Crippen molar-refractivity contribution < 1.29 is 13.2 Å². The number of carbonyl (C=O) groups is 1. The molecule has 132 valence electrons. The number of H-pyrrole nitrogens is 1. The minimum absolute atomic E-state index is 0.161. The van der Waals surface area contributed by atoms with E-state index in [1.165, 1.54) is 11.1 Å².